The number of aromatic nitrogens is 2. The van der Waals surface area contributed by atoms with Gasteiger partial charge in [-0.1, -0.05) is 11.6 Å². The summed E-state index contributed by atoms with van der Waals surface area (Å²) in [6, 6.07) is -0.761. The summed E-state index contributed by atoms with van der Waals surface area (Å²) < 4.78 is 23.6. The second-order valence-corrected chi connectivity index (χ2v) is 7.28. The molecule has 1 saturated heterocycles. The molecule has 0 aliphatic carbocycles. The molecule has 0 bridgehead atoms. The average Bonchev–Trinajstić information content (AvgIpc) is 2.94. The highest BCUT2D eigenvalue weighted by molar-refractivity contribution is 14.1. The van der Waals surface area contributed by atoms with E-state index in [4.69, 9.17) is 30.5 Å². The van der Waals surface area contributed by atoms with E-state index in [0.717, 1.165) is 3.57 Å². The van der Waals surface area contributed by atoms with Gasteiger partial charge in [-0.05, 0) is 22.6 Å². The van der Waals surface area contributed by atoms with Crippen molar-refractivity contribution in [2.24, 2.45) is 0 Å². The maximum Gasteiger partial charge on any atom is 0.303 e. The van der Waals surface area contributed by atoms with Crippen LogP contribution in [0.5, 0.6) is 0 Å². The van der Waals surface area contributed by atoms with Crippen LogP contribution in [0, 0.1) is 3.57 Å². The first kappa shape index (κ1) is 20.9. The maximum atomic E-state index is 11.6. The summed E-state index contributed by atoms with van der Waals surface area (Å²) in [4.78, 5) is 34.3. The molecule has 1 aliphatic heterocycles. The predicted octanol–water partition coefficient (Wildman–Crippen LogP) is 1.42. The summed E-state index contributed by atoms with van der Waals surface area (Å²) in [5, 5.41) is 4.22. The van der Waals surface area contributed by atoms with Crippen LogP contribution in [0.2, 0.25) is 0 Å². The Morgan fingerprint density at radius 2 is 1.81 bits per heavy atom. The second kappa shape index (κ2) is 9.00. The number of ether oxygens (including phenoxy) is 4. The molecular weight excluding hydrogens is 483 g/mol. The molecule has 2 rings (SSSR count). The van der Waals surface area contributed by atoms with Crippen LogP contribution in [0.1, 0.15) is 26.8 Å². The summed E-state index contributed by atoms with van der Waals surface area (Å²) in [6.07, 6.45) is 0.514. The molecule has 26 heavy (non-hydrogen) atoms. The van der Waals surface area contributed by atoms with E-state index in [9.17, 15) is 14.4 Å². The molecule has 0 N–H and O–H groups in total. The Labute approximate surface area is 168 Å². The molecule has 0 aromatic carbocycles. The monoisotopic (exact) mass is 500 g/mol. The van der Waals surface area contributed by atoms with E-state index >= 15 is 0 Å². The molecule has 144 valence electrons. The van der Waals surface area contributed by atoms with Crippen LogP contribution >= 0.6 is 34.2 Å². The highest BCUT2D eigenvalue weighted by atomic mass is 127. The zero-order valence-corrected chi connectivity index (χ0v) is 17.2. The third-order valence-corrected chi connectivity index (χ3v) is 4.44. The lowest BCUT2D eigenvalue weighted by atomic mass is 9.96. The van der Waals surface area contributed by atoms with Crippen molar-refractivity contribution in [1.82, 2.24) is 9.78 Å². The van der Waals surface area contributed by atoms with E-state index in [2.05, 4.69) is 27.7 Å². The largest absolute Gasteiger partial charge is 0.463 e. The fourth-order valence-electron chi connectivity index (χ4n) is 2.65. The minimum Gasteiger partial charge on any atom is -0.463 e. The SMILES string of the molecule is CC(=O)OCC1O[C@@H](Cl)C(OC(C)=O)C(n2cc(I)cn2)[C@H]1OC(C)=O. The molecule has 0 amide bonds. The Bertz CT molecular complexity index is 683. The first-order chi connectivity index (χ1) is 12.2. The second-order valence-electron chi connectivity index (χ2n) is 5.61. The molecule has 2 heterocycles. The molecule has 11 heteroatoms. The predicted molar refractivity (Wildman–Crippen MR) is 96.2 cm³/mol. The molecule has 0 radical (unpaired) electrons. The van der Waals surface area contributed by atoms with Crippen molar-refractivity contribution in [1.29, 1.82) is 0 Å². The molecule has 0 spiro atoms. The lowest BCUT2D eigenvalue weighted by molar-refractivity contribution is -0.213. The van der Waals surface area contributed by atoms with Crippen molar-refractivity contribution in [2.45, 2.75) is 50.7 Å². The number of esters is 3. The summed E-state index contributed by atoms with van der Waals surface area (Å²) in [5.41, 5.74) is -1.06. The fraction of sp³-hybridized carbons (Fsp3) is 0.600. The van der Waals surface area contributed by atoms with Gasteiger partial charge in [0.2, 0.25) is 0 Å². The minimum atomic E-state index is -1.06. The number of rotatable bonds is 5. The topological polar surface area (TPSA) is 106 Å². The van der Waals surface area contributed by atoms with E-state index in [1.807, 2.05) is 0 Å². The van der Waals surface area contributed by atoms with Gasteiger partial charge in [0.15, 0.2) is 17.8 Å². The summed E-state index contributed by atoms with van der Waals surface area (Å²) in [5.74, 6) is -1.67. The Balaban J connectivity index is 2.42. The molecule has 9 nitrogen and oxygen atoms in total. The van der Waals surface area contributed by atoms with Crippen LogP contribution in [0.25, 0.3) is 0 Å². The summed E-state index contributed by atoms with van der Waals surface area (Å²) >= 11 is 8.33. The van der Waals surface area contributed by atoms with Crippen LogP contribution in [0.15, 0.2) is 12.4 Å². The fourth-order valence-corrected chi connectivity index (χ4v) is 3.39. The summed E-state index contributed by atoms with van der Waals surface area (Å²) in [7, 11) is 0. The molecular formula is C15H18ClIN2O7. The Morgan fingerprint density at radius 3 is 2.31 bits per heavy atom. The number of halogens is 2. The molecule has 3 unspecified atom stereocenters. The van der Waals surface area contributed by atoms with Crippen LogP contribution in [-0.2, 0) is 33.3 Å². The van der Waals surface area contributed by atoms with Gasteiger partial charge in [0.05, 0.1) is 9.77 Å². The molecule has 1 aromatic rings. The number of alkyl halides is 1. The quantitative estimate of drug-likeness (QED) is 0.259. The average molecular weight is 501 g/mol. The van der Waals surface area contributed by atoms with Crippen LogP contribution in [-0.4, -0.2) is 58.2 Å². The Morgan fingerprint density at radius 1 is 1.19 bits per heavy atom. The van der Waals surface area contributed by atoms with Crippen LogP contribution in [0.4, 0.5) is 0 Å². The lowest BCUT2D eigenvalue weighted by Gasteiger charge is -2.43. The van der Waals surface area contributed by atoms with Gasteiger partial charge in [-0.25, -0.2) is 0 Å². The van der Waals surface area contributed by atoms with E-state index in [1.54, 1.807) is 12.4 Å². The number of nitrogens with zero attached hydrogens (tertiary/aromatic N) is 2. The van der Waals surface area contributed by atoms with Crippen molar-refractivity contribution < 1.29 is 33.3 Å². The normalized spacial score (nSPS) is 28.3. The van der Waals surface area contributed by atoms with Gasteiger partial charge in [-0.15, -0.1) is 0 Å². The van der Waals surface area contributed by atoms with Crippen molar-refractivity contribution in [3.8, 4) is 0 Å². The maximum absolute atomic E-state index is 11.6. The van der Waals surface area contributed by atoms with Crippen molar-refractivity contribution in [2.75, 3.05) is 6.61 Å². The Hall–Kier alpha value is -1.40. The van der Waals surface area contributed by atoms with Gasteiger partial charge in [0.25, 0.3) is 0 Å². The molecule has 5 atom stereocenters. The van der Waals surface area contributed by atoms with Gasteiger partial charge < -0.3 is 18.9 Å². The van der Waals surface area contributed by atoms with Gasteiger partial charge in [-0.2, -0.15) is 5.10 Å². The molecule has 1 aliphatic rings. The zero-order valence-electron chi connectivity index (χ0n) is 14.3. The van der Waals surface area contributed by atoms with Gasteiger partial charge in [-0.3, -0.25) is 19.1 Å². The number of carbonyl (C=O) groups excluding carboxylic acids is 3. The lowest BCUT2D eigenvalue weighted by Crippen LogP contribution is -2.57. The highest BCUT2D eigenvalue weighted by Crippen LogP contribution is 2.36. The third kappa shape index (κ3) is 5.30. The van der Waals surface area contributed by atoms with Crippen LogP contribution < -0.4 is 0 Å². The van der Waals surface area contributed by atoms with Crippen molar-refractivity contribution in [3.05, 3.63) is 16.0 Å². The van der Waals surface area contributed by atoms with E-state index in [-0.39, 0.29) is 6.61 Å². The van der Waals surface area contributed by atoms with Crippen molar-refractivity contribution in [3.63, 3.8) is 0 Å². The first-order valence-corrected chi connectivity index (χ1v) is 9.17. The molecule has 0 saturated carbocycles. The number of carbonyl (C=O) groups is 3. The van der Waals surface area contributed by atoms with E-state index < -0.39 is 47.8 Å². The zero-order chi connectivity index (χ0) is 19.4. The number of hydrogen-bond acceptors (Lipinski definition) is 8. The standard InChI is InChI=1S/C15H18ClIN2O7/c1-7(20)23-6-11-13(24-8(2)21)12(19-5-10(17)4-18-19)14(15(16)26-11)25-9(3)22/h4-5,11-15H,6H2,1-3H3/t11?,12?,13-,14?,15+/m0/s1. The highest BCUT2D eigenvalue weighted by Gasteiger charge is 2.51. The third-order valence-electron chi connectivity index (χ3n) is 3.53. The minimum absolute atomic E-state index is 0.182. The van der Waals surface area contributed by atoms with Crippen molar-refractivity contribution >= 4 is 52.1 Å². The van der Waals surface area contributed by atoms with E-state index in [1.165, 1.54) is 25.5 Å². The Kier molecular flexibility index (Phi) is 7.24. The molecule has 1 fully saturated rings. The summed E-state index contributed by atoms with van der Waals surface area (Å²) in [6.45, 7) is 3.54. The van der Waals surface area contributed by atoms with Gasteiger partial charge >= 0.3 is 17.9 Å². The van der Waals surface area contributed by atoms with Crippen LogP contribution in [0.3, 0.4) is 0 Å². The van der Waals surface area contributed by atoms with Gasteiger partial charge in [0.1, 0.15) is 18.8 Å². The smallest absolute Gasteiger partial charge is 0.303 e. The van der Waals surface area contributed by atoms with Gasteiger partial charge in [0, 0.05) is 27.0 Å². The number of hydrogen-bond donors (Lipinski definition) is 0. The van der Waals surface area contributed by atoms with E-state index in [0.29, 0.717) is 0 Å². The first-order valence-electron chi connectivity index (χ1n) is 7.66. The molecule has 1 aromatic heterocycles.